The van der Waals surface area contributed by atoms with Crippen molar-refractivity contribution >= 4 is 17.2 Å². The van der Waals surface area contributed by atoms with Crippen LogP contribution in [0.15, 0.2) is 53.1 Å². The molecule has 5 heteroatoms. The molecule has 0 saturated heterocycles. The Balaban J connectivity index is 1.87. The third-order valence-electron chi connectivity index (χ3n) is 3.87. The van der Waals surface area contributed by atoms with Crippen molar-refractivity contribution in [2.45, 2.75) is 19.9 Å². The molecule has 0 aliphatic carbocycles. The quantitative estimate of drug-likeness (QED) is 0.707. The first-order valence-electron chi connectivity index (χ1n) is 7.41. The standard InChI is InChI=1S/C18H18N2O2S/c1-12-16(23-17(19-12)14-8-5-4-6-9-14)18(21)20(3)13(2)15-10-7-11-22-15/h4-11,13H,1-3H3. The molecule has 0 saturated carbocycles. The van der Waals surface area contributed by atoms with E-state index >= 15 is 0 Å². The summed E-state index contributed by atoms with van der Waals surface area (Å²) in [5, 5.41) is 0.866. The van der Waals surface area contributed by atoms with E-state index in [0.29, 0.717) is 4.88 Å². The van der Waals surface area contributed by atoms with Crippen LogP contribution in [0, 0.1) is 6.92 Å². The highest BCUT2D eigenvalue weighted by Crippen LogP contribution is 2.30. The third kappa shape index (κ3) is 3.05. The normalized spacial score (nSPS) is 12.1. The van der Waals surface area contributed by atoms with E-state index in [1.165, 1.54) is 11.3 Å². The fourth-order valence-corrected chi connectivity index (χ4v) is 3.41. The molecule has 0 fully saturated rings. The van der Waals surface area contributed by atoms with E-state index in [0.717, 1.165) is 22.0 Å². The fourth-order valence-electron chi connectivity index (χ4n) is 2.35. The average molecular weight is 326 g/mol. The second kappa shape index (κ2) is 6.38. The number of carbonyl (C=O) groups excluding carboxylic acids is 1. The molecule has 0 aliphatic rings. The molecule has 0 radical (unpaired) electrons. The van der Waals surface area contributed by atoms with E-state index in [1.807, 2.05) is 56.3 Å². The fraction of sp³-hybridized carbons (Fsp3) is 0.222. The molecule has 1 atom stereocenters. The van der Waals surface area contributed by atoms with Crippen molar-refractivity contribution in [2.24, 2.45) is 0 Å². The van der Waals surface area contributed by atoms with Crippen LogP contribution in [0.2, 0.25) is 0 Å². The van der Waals surface area contributed by atoms with Gasteiger partial charge in [0.05, 0.1) is 18.0 Å². The second-order valence-electron chi connectivity index (χ2n) is 5.41. The molecule has 3 aromatic rings. The van der Waals surface area contributed by atoms with E-state index in [-0.39, 0.29) is 11.9 Å². The number of amides is 1. The Morgan fingerprint density at radius 2 is 1.96 bits per heavy atom. The second-order valence-corrected chi connectivity index (χ2v) is 6.41. The van der Waals surface area contributed by atoms with Gasteiger partial charge in [-0.3, -0.25) is 4.79 Å². The van der Waals surface area contributed by atoms with Crippen molar-refractivity contribution in [1.29, 1.82) is 0 Å². The number of benzene rings is 1. The molecule has 0 N–H and O–H groups in total. The van der Waals surface area contributed by atoms with E-state index in [1.54, 1.807) is 18.2 Å². The lowest BCUT2D eigenvalue weighted by Gasteiger charge is -2.22. The van der Waals surface area contributed by atoms with Crippen LogP contribution in [0.5, 0.6) is 0 Å². The molecule has 2 aromatic heterocycles. The van der Waals surface area contributed by atoms with Crippen molar-refractivity contribution in [3.05, 3.63) is 65.1 Å². The molecular formula is C18H18N2O2S. The maximum absolute atomic E-state index is 12.8. The molecule has 4 nitrogen and oxygen atoms in total. The summed E-state index contributed by atoms with van der Waals surface area (Å²) >= 11 is 1.43. The van der Waals surface area contributed by atoms with Crippen LogP contribution in [0.4, 0.5) is 0 Å². The van der Waals surface area contributed by atoms with Crippen molar-refractivity contribution in [1.82, 2.24) is 9.88 Å². The SMILES string of the molecule is Cc1nc(-c2ccccc2)sc1C(=O)N(C)C(C)c1ccco1. The predicted octanol–water partition coefficient (Wildman–Crippen LogP) is 4.54. The average Bonchev–Trinajstić information content (AvgIpc) is 3.23. The lowest BCUT2D eigenvalue weighted by molar-refractivity contribution is 0.0730. The minimum Gasteiger partial charge on any atom is -0.467 e. The van der Waals surface area contributed by atoms with E-state index in [4.69, 9.17) is 4.42 Å². The Morgan fingerprint density at radius 3 is 2.61 bits per heavy atom. The maximum atomic E-state index is 12.8. The molecule has 23 heavy (non-hydrogen) atoms. The Bertz CT molecular complexity index is 794. The molecular weight excluding hydrogens is 308 g/mol. The predicted molar refractivity (Wildman–Crippen MR) is 91.5 cm³/mol. The van der Waals surface area contributed by atoms with Crippen LogP contribution in [0.1, 0.15) is 34.1 Å². The number of furan rings is 1. The van der Waals surface area contributed by atoms with Crippen molar-refractivity contribution in [3.8, 4) is 10.6 Å². The smallest absolute Gasteiger partial charge is 0.266 e. The van der Waals surface area contributed by atoms with Gasteiger partial charge in [-0.25, -0.2) is 4.98 Å². The summed E-state index contributed by atoms with van der Waals surface area (Å²) in [5.74, 6) is 0.734. The highest BCUT2D eigenvalue weighted by atomic mass is 32.1. The minimum atomic E-state index is -0.126. The van der Waals surface area contributed by atoms with Gasteiger partial charge in [-0.15, -0.1) is 11.3 Å². The highest BCUT2D eigenvalue weighted by Gasteiger charge is 2.24. The lowest BCUT2D eigenvalue weighted by atomic mass is 10.2. The molecule has 2 heterocycles. The Labute approximate surface area is 139 Å². The van der Waals surface area contributed by atoms with Crippen LogP contribution in [0.3, 0.4) is 0 Å². The topological polar surface area (TPSA) is 46.3 Å². The van der Waals surface area contributed by atoms with Crippen LogP contribution < -0.4 is 0 Å². The van der Waals surface area contributed by atoms with Gasteiger partial charge in [0.2, 0.25) is 0 Å². The number of hydrogen-bond donors (Lipinski definition) is 0. The van der Waals surface area contributed by atoms with Gasteiger partial charge >= 0.3 is 0 Å². The van der Waals surface area contributed by atoms with Gasteiger partial charge in [0, 0.05) is 12.6 Å². The van der Waals surface area contributed by atoms with Gasteiger partial charge in [-0.1, -0.05) is 30.3 Å². The monoisotopic (exact) mass is 326 g/mol. The molecule has 0 spiro atoms. The summed E-state index contributed by atoms with van der Waals surface area (Å²) < 4.78 is 5.40. The molecule has 1 aromatic carbocycles. The van der Waals surface area contributed by atoms with E-state index in [2.05, 4.69) is 4.98 Å². The number of carbonyl (C=O) groups is 1. The zero-order valence-corrected chi connectivity index (χ0v) is 14.1. The van der Waals surface area contributed by atoms with E-state index < -0.39 is 0 Å². The van der Waals surface area contributed by atoms with Crippen molar-refractivity contribution in [2.75, 3.05) is 7.05 Å². The number of thiazole rings is 1. The number of aryl methyl sites for hydroxylation is 1. The molecule has 1 unspecified atom stereocenters. The molecule has 118 valence electrons. The maximum Gasteiger partial charge on any atom is 0.266 e. The summed E-state index contributed by atoms with van der Waals surface area (Å²) in [4.78, 5) is 19.7. The van der Waals surface area contributed by atoms with Crippen LogP contribution in [-0.4, -0.2) is 22.8 Å². The van der Waals surface area contributed by atoms with Crippen LogP contribution in [-0.2, 0) is 0 Å². The Morgan fingerprint density at radius 1 is 1.22 bits per heavy atom. The number of aromatic nitrogens is 1. The number of hydrogen-bond acceptors (Lipinski definition) is 4. The third-order valence-corrected chi connectivity index (χ3v) is 5.06. The molecule has 0 aliphatic heterocycles. The van der Waals surface area contributed by atoms with E-state index in [9.17, 15) is 4.79 Å². The first-order chi connectivity index (χ1) is 11.1. The number of nitrogens with zero attached hydrogens (tertiary/aromatic N) is 2. The van der Waals surface area contributed by atoms with Gasteiger partial charge in [0.25, 0.3) is 5.91 Å². The zero-order valence-electron chi connectivity index (χ0n) is 13.3. The molecule has 0 bridgehead atoms. The summed E-state index contributed by atoms with van der Waals surface area (Å²) in [6.07, 6.45) is 1.62. The molecule has 3 rings (SSSR count). The van der Waals surface area contributed by atoms with Crippen molar-refractivity contribution < 1.29 is 9.21 Å². The van der Waals surface area contributed by atoms with Gasteiger partial charge < -0.3 is 9.32 Å². The first kappa shape index (κ1) is 15.5. The summed E-state index contributed by atoms with van der Waals surface area (Å²) in [6.45, 7) is 3.83. The van der Waals surface area contributed by atoms with Gasteiger partial charge in [0.1, 0.15) is 15.6 Å². The highest BCUT2D eigenvalue weighted by molar-refractivity contribution is 7.17. The summed E-state index contributed by atoms with van der Waals surface area (Å²) in [5.41, 5.74) is 1.79. The first-order valence-corrected chi connectivity index (χ1v) is 8.23. The largest absolute Gasteiger partial charge is 0.467 e. The molecule has 1 amide bonds. The zero-order chi connectivity index (χ0) is 16.4. The van der Waals surface area contributed by atoms with Gasteiger partial charge in [-0.2, -0.15) is 0 Å². The Hall–Kier alpha value is -2.40. The lowest BCUT2D eigenvalue weighted by Crippen LogP contribution is -2.29. The minimum absolute atomic E-state index is 0.0360. The summed E-state index contributed by atoms with van der Waals surface area (Å²) in [7, 11) is 1.79. The van der Waals surface area contributed by atoms with Gasteiger partial charge in [-0.05, 0) is 26.0 Å². The number of rotatable bonds is 4. The van der Waals surface area contributed by atoms with Crippen LogP contribution in [0.25, 0.3) is 10.6 Å². The summed E-state index contributed by atoms with van der Waals surface area (Å²) in [6, 6.07) is 13.5. The van der Waals surface area contributed by atoms with Gasteiger partial charge in [0.15, 0.2) is 0 Å². The van der Waals surface area contributed by atoms with Crippen molar-refractivity contribution in [3.63, 3.8) is 0 Å². The Kier molecular flexibility index (Phi) is 4.30. The van der Waals surface area contributed by atoms with Crippen LogP contribution >= 0.6 is 11.3 Å².